The first kappa shape index (κ1) is 15.2. The molecule has 0 aliphatic carbocycles. The predicted octanol–water partition coefficient (Wildman–Crippen LogP) is 3.25. The molecule has 22 heavy (non-hydrogen) atoms. The predicted molar refractivity (Wildman–Crippen MR) is 87.6 cm³/mol. The highest BCUT2D eigenvalue weighted by Crippen LogP contribution is 2.41. The molecule has 3 rings (SSSR count). The molecule has 2 unspecified atom stereocenters. The van der Waals surface area contributed by atoms with Gasteiger partial charge in [0, 0.05) is 17.2 Å². The average Bonchev–Trinajstić information content (AvgIpc) is 3.02. The molecule has 0 bridgehead atoms. The fourth-order valence-electron chi connectivity index (χ4n) is 2.84. The Kier molecular flexibility index (Phi) is 4.30. The SMILES string of the molecule is CC(C1COC(c2ccccc2)(c2ccccc2)O1)N(C)C. The fraction of sp³-hybridized carbons (Fsp3) is 0.368. The highest BCUT2D eigenvalue weighted by Gasteiger charge is 2.46. The van der Waals surface area contributed by atoms with Crippen LogP contribution in [0.3, 0.4) is 0 Å². The Hall–Kier alpha value is -1.68. The van der Waals surface area contributed by atoms with Crippen molar-refractivity contribution in [3.8, 4) is 0 Å². The van der Waals surface area contributed by atoms with Crippen LogP contribution in [0.5, 0.6) is 0 Å². The van der Waals surface area contributed by atoms with Gasteiger partial charge in [0.15, 0.2) is 0 Å². The minimum Gasteiger partial charge on any atom is -0.339 e. The highest BCUT2D eigenvalue weighted by molar-refractivity contribution is 5.34. The fourth-order valence-corrected chi connectivity index (χ4v) is 2.84. The molecule has 1 fully saturated rings. The van der Waals surface area contributed by atoms with Gasteiger partial charge in [0.1, 0.15) is 6.10 Å². The molecule has 0 spiro atoms. The lowest BCUT2D eigenvalue weighted by atomic mass is 9.97. The largest absolute Gasteiger partial charge is 0.339 e. The van der Waals surface area contributed by atoms with Crippen molar-refractivity contribution in [2.45, 2.75) is 24.9 Å². The summed E-state index contributed by atoms with van der Waals surface area (Å²) in [6.07, 6.45) is 0.0374. The first-order chi connectivity index (χ1) is 10.6. The van der Waals surface area contributed by atoms with E-state index in [0.717, 1.165) is 11.1 Å². The van der Waals surface area contributed by atoms with Crippen molar-refractivity contribution >= 4 is 0 Å². The minimum atomic E-state index is -0.808. The van der Waals surface area contributed by atoms with Crippen molar-refractivity contribution in [3.63, 3.8) is 0 Å². The van der Waals surface area contributed by atoms with Crippen molar-refractivity contribution in [1.82, 2.24) is 4.90 Å². The smallest absolute Gasteiger partial charge is 0.222 e. The van der Waals surface area contributed by atoms with Gasteiger partial charge < -0.3 is 14.4 Å². The van der Waals surface area contributed by atoms with Gasteiger partial charge in [-0.1, -0.05) is 60.7 Å². The van der Waals surface area contributed by atoms with E-state index in [9.17, 15) is 0 Å². The molecule has 3 nitrogen and oxygen atoms in total. The Morgan fingerprint density at radius 3 is 1.91 bits per heavy atom. The van der Waals surface area contributed by atoms with E-state index in [1.165, 1.54) is 0 Å². The van der Waals surface area contributed by atoms with E-state index in [1.54, 1.807) is 0 Å². The molecule has 0 amide bonds. The lowest BCUT2D eigenvalue weighted by Gasteiger charge is -2.31. The summed E-state index contributed by atoms with van der Waals surface area (Å²) in [6, 6.07) is 20.7. The third-order valence-electron chi connectivity index (χ3n) is 4.43. The second-order valence-electron chi connectivity index (χ2n) is 6.02. The van der Waals surface area contributed by atoms with Crippen LogP contribution >= 0.6 is 0 Å². The van der Waals surface area contributed by atoms with Gasteiger partial charge in [-0.2, -0.15) is 0 Å². The zero-order valence-electron chi connectivity index (χ0n) is 13.4. The maximum atomic E-state index is 6.48. The molecule has 0 radical (unpaired) electrons. The second-order valence-corrected chi connectivity index (χ2v) is 6.02. The summed E-state index contributed by atoms with van der Waals surface area (Å²) in [7, 11) is 4.14. The van der Waals surface area contributed by atoms with Gasteiger partial charge in [0.2, 0.25) is 5.79 Å². The maximum Gasteiger partial charge on any atom is 0.222 e. The maximum absolute atomic E-state index is 6.48. The molecule has 1 aliphatic rings. The molecule has 0 saturated carbocycles. The number of rotatable bonds is 4. The van der Waals surface area contributed by atoms with Gasteiger partial charge in [-0.15, -0.1) is 0 Å². The van der Waals surface area contributed by atoms with Crippen molar-refractivity contribution in [2.75, 3.05) is 20.7 Å². The summed E-state index contributed by atoms with van der Waals surface area (Å²) in [4.78, 5) is 2.17. The Labute approximate surface area is 132 Å². The summed E-state index contributed by atoms with van der Waals surface area (Å²) in [5.74, 6) is -0.808. The number of benzene rings is 2. The number of hydrogen-bond donors (Lipinski definition) is 0. The first-order valence-corrected chi connectivity index (χ1v) is 7.73. The lowest BCUT2D eigenvalue weighted by molar-refractivity contribution is -0.148. The van der Waals surface area contributed by atoms with Crippen molar-refractivity contribution in [1.29, 1.82) is 0 Å². The van der Waals surface area contributed by atoms with E-state index >= 15 is 0 Å². The zero-order chi connectivity index (χ0) is 15.6. The van der Waals surface area contributed by atoms with E-state index in [0.29, 0.717) is 6.61 Å². The Bertz CT molecular complexity index is 558. The van der Waals surface area contributed by atoms with Crippen molar-refractivity contribution in [2.24, 2.45) is 0 Å². The number of ether oxygens (including phenoxy) is 2. The van der Waals surface area contributed by atoms with Crippen LogP contribution in [-0.2, 0) is 15.3 Å². The topological polar surface area (TPSA) is 21.7 Å². The molecule has 2 aromatic carbocycles. The number of likely N-dealkylation sites (N-methyl/N-ethyl adjacent to an activating group) is 1. The van der Waals surface area contributed by atoms with Crippen LogP contribution in [0.4, 0.5) is 0 Å². The lowest BCUT2D eigenvalue weighted by Crippen LogP contribution is -2.39. The third-order valence-corrected chi connectivity index (χ3v) is 4.43. The normalized spacial score (nSPS) is 21.9. The van der Waals surface area contributed by atoms with Gasteiger partial charge in [-0.05, 0) is 21.0 Å². The van der Waals surface area contributed by atoms with Crippen LogP contribution in [0.25, 0.3) is 0 Å². The molecule has 0 N–H and O–H groups in total. The average molecular weight is 297 g/mol. The van der Waals surface area contributed by atoms with Gasteiger partial charge in [0.25, 0.3) is 0 Å². The molecule has 1 saturated heterocycles. The van der Waals surface area contributed by atoms with Crippen LogP contribution in [0, 0.1) is 0 Å². The van der Waals surface area contributed by atoms with Crippen LogP contribution < -0.4 is 0 Å². The molecule has 0 aromatic heterocycles. The molecule has 2 atom stereocenters. The monoisotopic (exact) mass is 297 g/mol. The molecule has 1 aliphatic heterocycles. The van der Waals surface area contributed by atoms with E-state index in [-0.39, 0.29) is 12.1 Å². The van der Waals surface area contributed by atoms with Gasteiger partial charge in [0.05, 0.1) is 6.61 Å². The quantitative estimate of drug-likeness (QED) is 0.864. The molecular weight excluding hydrogens is 274 g/mol. The zero-order valence-corrected chi connectivity index (χ0v) is 13.4. The van der Waals surface area contributed by atoms with E-state index in [4.69, 9.17) is 9.47 Å². The Morgan fingerprint density at radius 1 is 0.955 bits per heavy atom. The summed E-state index contributed by atoms with van der Waals surface area (Å²) in [5, 5.41) is 0. The minimum absolute atomic E-state index is 0.0374. The van der Waals surface area contributed by atoms with Crippen LogP contribution in [-0.4, -0.2) is 37.7 Å². The summed E-state index contributed by atoms with van der Waals surface area (Å²) in [5.41, 5.74) is 2.07. The standard InChI is InChI=1S/C19H23NO2/c1-15(20(2)3)18-14-21-19(22-18,16-10-6-4-7-11-16)17-12-8-5-9-13-17/h4-13,15,18H,14H2,1-3H3. The van der Waals surface area contributed by atoms with E-state index < -0.39 is 5.79 Å². The summed E-state index contributed by atoms with van der Waals surface area (Å²) < 4.78 is 12.7. The van der Waals surface area contributed by atoms with Crippen molar-refractivity contribution in [3.05, 3.63) is 71.8 Å². The molecule has 2 aromatic rings. The first-order valence-electron chi connectivity index (χ1n) is 7.73. The van der Waals surface area contributed by atoms with E-state index in [2.05, 4.69) is 50.2 Å². The Balaban J connectivity index is 2.00. The molecule has 116 valence electrons. The molecule has 3 heteroatoms. The van der Waals surface area contributed by atoms with Gasteiger partial charge in [-0.3, -0.25) is 0 Å². The van der Waals surface area contributed by atoms with Gasteiger partial charge >= 0.3 is 0 Å². The Morgan fingerprint density at radius 2 is 1.45 bits per heavy atom. The van der Waals surface area contributed by atoms with Crippen LogP contribution in [0.15, 0.2) is 60.7 Å². The molecule has 1 heterocycles. The van der Waals surface area contributed by atoms with Gasteiger partial charge in [-0.25, -0.2) is 0 Å². The van der Waals surface area contributed by atoms with Crippen molar-refractivity contribution < 1.29 is 9.47 Å². The number of hydrogen-bond acceptors (Lipinski definition) is 3. The number of nitrogens with zero attached hydrogens (tertiary/aromatic N) is 1. The highest BCUT2D eigenvalue weighted by atomic mass is 16.7. The third kappa shape index (κ3) is 2.68. The van der Waals surface area contributed by atoms with E-state index in [1.807, 2.05) is 36.4 Å². The van der Waals surface area contributed by atoms with Crippen LogP contribution in [0.1, 0.15) is 18.1 Å². The summed E-state index contributed by atoms with van der Waals surface area (Å²) in [6.45, 7) is 2.75. The van der Waals surface area contributed by atoms with Crippen LogP contribution in [0.2, 0.25) is 0 Å². The molecular formula is C19H23NO2. The summed E-state index contributed by atoms with van der Waals surface area (Å²) >= 11 is 0. The second kappa shape index (κ2) is 6.21.